The first-order valence-corrected chi connectivity index (χ1v) is 13.8. The Labute approximate surface area is 232 Å². The molecule has 1 nitrogen and oxygen atoms in total. The SMILES string of the molecule is c1ccc(-c2c3c(c(-c4ccccc4)c4ccccc24)-c2cc4c5ccccc5ncc4c4cccc-3c24)cc1. The van der Waals surface area contributed by atoms with Crippen molar-refractivity contribution in [1.82, 2.24) is 4.98 Å². The van der Waals surface area contributed by atoms with E-state index in [1.165, 1.54) is 82.2 Å². The van der Waals surface area contributed by atoms with E-state index in [0.717, 1.165) is 5.52 Å². The van der Waals surface area contributed by atoms with Gasteiger partial charge in [-0.3, -0.25) is 4.98 Å². The second-order valence-electron chi connectivity index (χ2n) is 10.7. The van der Waals surface area contributed by atoms with Gasteiger partial charge in [-0.05, 0) is 83.6 Å². The van der Waals surface area contributed by atoms with E-state index >= 15 is 0 Å². The van der Waals surface area contributed by atoms with E-state index in [9.17, 15) is 0 Å². The van der Waals surface area contributed by atoms with Gasteiger partial charge in [0.15, 0.2) is 0 Å². The summed E-state index contributed by atoms with van der Waals surface area (Å²) in [4.78, 5) is 4.86. The topological polar surface area (TPSA) is 12.9 Å². The van der Waals surface area contributed by atoms with Crippen LogP contribution in [-0.4, -0.2) is 4.98 Å². The number of rotatable bonds is 2. The Balaban J connectivity index is 1.57. The zero-order valence-electron chi connectivity index (χ0n) is 21.7. The monoisotopic (exact) mass is 505 g/mol. The van der Waals surface area contributed by atoms with E-state index in [-0.39, 0.29) is 0 Å². The van der Waals surface area contributed by atoms with Crippen LogP contribution in [0.15, 0.2) is 140 Å². The molecule has 1 heteroatoms. The summed E-state index contributed by atoms with van der Waals surface area (Å²) in [6.07, 6.45) is 2.07. The summed E-state index contributed by atoms with van der Waals surface area (Å²) in [6, 6.07) is 48.5. The standard InChI is InChI=1S/C39H23N/c1-3-12-24(13-4-1)35-27-17-7-8-18-28(27)36(25-14-5-2-6-15-25)39-32-22-31-26-16-9-10-21-34(26)40-23-33(31)29-19-11-20-30(37(29)32)38(35)39/h1-23H. The number of nitrogens with zero attached hydrogens (tertiary/aromatic N) is 1. The van der Waals surface area contributed by atoms with Gasteiger partial charge in [0.2, 0.25) is 0 Å². The lowest BCUT2D eigenvalue weighted by molar-refractivity contribution is 1.45. The highest BCUT2D eigenvalue weighted by Gasteiger charge is 2.31. The minimum absolute atomic E-state index is 1.03. The first-order valence-electron chi connectivity index (χ1n) is 13.8. The fourth-order valence-electron chi connectivity index (χ4n) is 7.01. The third-order valence-electron chi connectivity index (χ3n) is 8.61. The van der Waals surface area contributed by atoms with Gasteiger partial charge in [-0.1, -0.05) is 121 Å². The van der Waals surface area contributed by atoms with Gasteiger partial charge in [-0.15, -0.1) is 0 Å². The zero-order valence-corrected chi connectivity index (χ0v) is 21.7. The fourth-order valence-corrected chi connectivity index (χ4v) is 7.01. The van der Waals surface area contributed by atoms with Crippen LogP contribution in [0.5, 0.6) is 0 Å². The third-order valence-corrected chi connectivity index (χ3v) is 8.61. The van der Waals surface area contributed by atoms with Crippen LogP contribution >= 0.6 is 0 Å². The Morgan fingerprint density at radius 3 is 1.57 bits per heavy atom. The minimum Gasteiger partial charge on any atom is -0.256 e. The van der Waals surface area contributed by atoms with E-state index in [0.29, 0.717) is 0 Å². The molecular formula is C39H23N. The van der Waals surface area contributed by atoms with Crippen LogP contribution in [0.25, 0.3) is 87.7 Å². The van der Waals surface area contributed by atoms with E-state index in [2.05, 4.69) is 140 Å². The molecular weight excluding hydrogens is 482 g/mol. The van der Waals surface area contributed by atoms with Crippen LogP contribution in [0.2, 0.25) is 0 Å². The van der Waals surface area contributed by atoms with Gasteiger partial charge in [0.1, 0.15) is 0 Å². The highest BCUT2D eigenvalue weighted by atomic mass is 14.6. The summed E-state index contributed by atoms with van der Waals surface area (Å²) in [7, 11) is 0. The minimum atomic E-state index is 1.03. The molecule has 184 valence electrons. The lowest BCUT2D eigenvalue weighted by atomic mass is 9.82. The van der Waals surface area contributed by atoms with Crippen molar-refractivity contribution in [2.45, 2.75) is 0 Å². The van der Waals surface area contributed by atoms with Gasteiger partial charge in [0.05, 0.1) is 5.52 Å². The Hall–Kier alpha value is -5.27. The summed E-state index contributed by atoms with van der Waals surface area (Å²) in [6.45, 7) is 0. The van der Waals surface area contributed by atoms with Crippen molar-refractivity contribution in [3.05, 3.63) is 140 Å². The average molecular weight is 506 g/mol. The molecule has 1 aromatic heterocycles. The summed E-state index contributed by atoms with van der Waals surface area (Å²) in [5, 5.41) is 8.82. The molecule has 0 saturated carbocycles. The van der Waals surface area contributed by atoms with Crippen molar-refractivity contribution < 1.29 is 0 Å². The molecule has 1 heterocycles. The molecule has 0 bridgehead atoms. The molecule has 0 spiro atoms. The number of fused-ring (bicyclic) bond motifs is 8. The lowest BCUT2D eigenvalue weighted by Gasteiger charge is -2.20. The van der Waals surface area contributed by atoms with E-state index in [4.69, 9.17) is 4.98 Å². The number of aromatic nitrogens is 1. The smallest absolute Gasteiger partial charge is 0.0708 e. The van der Waals surface area contributed by atoms with E-state index in [1.54, 1.807) is 0 Å². The zero-order chi connectivity index (χ0) is 26.2. The molecule has 0 unspecified atom stereocenters. The molecule has 7 aromatic carbocycles. The molecule has 40 heavy (non-hydrogen) atoms. The van der Waals surface area contributed by atoms with Gasteiger partial charge >= 0.3 is 0 Å². The normalized spacial score (nSPS) is 12.0. The molecule has 0 N–H and O–H groups in total. The Kier molecular flexibility index (Phi) is 4.39. The average Bonchev–Trinajstić information content (AvgIpc) is 3.35. The number of hydrogen-bond acceptors (Lipinski definition) is 1. The molecule has 1 aliphatic carbocycles. The number of para-hydroxylation sites is 1. The third kappa shape index (κ3) is 2.84. The van der Waals surface area contributed by atoms with Crippen LogP contribution in [0, 0.1) is 0 Å². The summed E-state index contributed by atoms with van der Waals surface area (Å²) < 4.78 is 0. The van der Waals surface area contributed by atoms with Crippen molar-refractivity contribution in [2.24, 2.45) is 0 Å². The molecule has 8 aromatic rings. The van der Waals surface area contributed by atoms with E-state index < -0.39 is 0 Å². The summed E-state index contributed by atoms with van der Waals surface area (Å²) >= 11 is 0. The summed E-state index contributed by atoms with van der Waals surface area (Å²) in [5.41, 5.74) is 11.4. The maximum Gasteiger partial charge on any atom is 0.0708 e. The highest BCUT2D eigenvalue weighted by Crippen LogP contribution is 2.58. The predicted molar refractivity (Wildman–Crippen MR) is 170 cm³/mol. The number of benzene rings is 7. The first-order chi connectivity index (χ1) is 19.9. The molecule has 0 amide bonds. The second-order valence-corrected chi connectivity index (χ2v) is 10.7. The van der Waals surface area contributed by atoms with Crippen LogP contribution in [0.4, 0.5) is 0 Å². The quantitative estimate of drug-likeness (QED) is 0.213. The van der Waals surface area contributed by atoms with Gasteiger partial charge in [-0.25, -0.2) is 0 Å². The van der Waals surface area contributed by atoms with Gasteiger partial charge < -0.3 is 0 Å². The van der Waals surface area contributed by atoms with E-state index in [1.807, 2.05) is 0 Å². The van der Waals surface area contributed by atoms with Crippen molar-refractivity contribution >= 4 is 43.2 Å². The van der Waals surface area contributed by atoms with Crippen molar-refractivity contribution in [3.63, 3.8) is 0 Å². The van der Waals surface area contributed by atoms with Crippen LogP contribution in [0.3, 0.4) is 0 Å². The number of hydrogen-bond donors (Lipinski definition) is 0. The highest BCUT2D eigenvalue weighted by molar-refractivity contribution is 6.32. The Morgan fingerprint density at radius 1 is 0.350 bits per heavy atom. The van der Waals surface area contributed by atoms with Gasteiger partial charge in [-0.2, -0.15) is 0 Å². The molecule has 0 saturated heterocycles. The summed E-state index contributed by atoms with van der Waals surface area (Å²) in [5.74, 6) is 0. The first kappa shape index (κ1) is 21.6. The van der Waals surface area contributed by atoms with Crippen LogP contribution < -0.4 is 0 Å². The van der Waals surface area contributed by atoms with Crippen molar-refractivity contribution in [3.8, 4) is 44.5 Å². The Morgan fingerprint density at radius 2 is 0.900 bits per heavy atom. The maximum atomic E-state index is 4.86. The molecule has 0 atom stereocenters. The largest absolute Gasteiger partial charge is 0.256 e. The number of pyridine rings is 1. The van der Waals surface area contributed by atoms with Gasteiger partial charge in [0, 0.05) is 17.0 Å². The van der Waals surface area contributed by atoms with Gasteiger partial charge in [0.25, 0.3) is 0 Å². The maximum absolute atomic E-state index is 4.86. The van der Waals surface area contributed by atoms with Crippen LogP contribution in [0.1, 0.15) is 0 Å². The lowest BCUT2D eigenvalue weighted by Crippen LogP contribution is -1.93. The van der Waals surface area contributed by atoms with Crippen LogP contribution in [-0.2, 0) is 0 Å². The second kappa shape index (κ2) is 8.11. The molecule has 0 fully saturated rings. The molecule has 0 radical (unpaired) electrons. The van der Waals surface area contributed by atoms with Crippen molar-refractivity contribution in [1.29, 1.82) is 0 Å². The molecule has 0 aliphatic heterocycles. The van der Waals surface area contributed by atoms with Crippen molar-refractivity contribution in [2.75, 3.05) is 0 Å². The molecule has 9 rings (SSSR count). The fraction of sp³-hybridized carbons (Fsp3) is 0. The molecule has 1 aliphatic rings. The Bertz CT molecular complexity index is 2300. The predicted octanol–water partition coefficient (Wildman–Crippen LogP) is 10.7.